The average molecular weight is 368 g/mol. The zero-order valence-electron chi connectivity index (χ0n) is 14.8. The smallest absolute Gasteiger partial charge is 0.250 e. The lowest BCUT2D eigenvalue weighted by Crippen LogP contribution is -2.34. The van der Waals surface area contributed by atoms with E-state index in [1.165, 1.54) is 16.9 Å². The monoisotopic (exact) mass is 368 g/mol. The molecule has 1 aliphatic heterocycles. The fraction of sp³-hybridized carbons (Fsp3) is 0.444. The molecule has 0 bridgehead atoms. The van der Waals surface area contributed by atoms with Gasteiger partial charge >= 0.3 is 0 Å². The van der Waals surface area contributed by atoms with E-state index in [-0.39, 0.29) is 11.9 Å². The van der Waals surface area contributed by atoms with E-state index < -0.39 is 0 Å². The number of nitrogens with one attached hydrogen (secondary N) is 1. The fourth-order valence-corrected chi connectivity index (χ4v) is 5.32. The Kier molecular flexibility index (Phi) is 3.49. The average Bonchev–Trinajstić information content (AvgIpc) is 3.33. The van der Waals surface area contributed by atoms with E-state index in [9.17, 15) is 4.79 Å². The van der Waals surface area contributed by atoms with Crippen LogP contribution in [0.3, 0.4) is 0 Å². The van der Waals surface area contributed by atoms with Crippen LogP contribution in [-0.4, -0.2) is 38.2 Å². The molecular formula is C18H20N6OS. The van der Waals surface area contributed by atoms with Gasteiger partial charge in [-0.3, -0.25) is 14.4 Å². The number of carbonyl (C=O) groups is 1. The Balaban J connectivity index is 1.45. The number of carbonyl (C=O) groups excluding carboxylic acids is 1. The van der Waals surface area contributed by atoms with Gasteiger partial charge in [-0.1, -0.05) is 0 Å². The predicted molar refractivity (Wildman–Crippen MR) is 102 cm³/mol. The summed E-state index contributed by atoms with van der Waals surface area (Å²) >= 11 is 1.76. The molecule has 7 nitrogen and oxygen atoms in total. The van der Waals surface area contributed by atoms with Crippen molar-refractivity contribution in [3.63, 3.8) is 0 Å². The van der Waals surface area contributed by atoms with Gasteiger partial charge in [-0.25, -0.2) is 9.97 Å². The SMILES string of the molecule is Cc1cc(N2CCC(Nc3ncnc4sc5c(c34)CCC5)C2=O)n(C)n1. The highest BCUT2D eigenvalue weighted by atomic mass is 32.1. The minimum atomic E-state index is -0.264. The highest BCUT2D eigenvalue weighted by Crippen LogP contribution is 2.39. The molecule has 8 heteroatoms. The first-order valence-electron chi connectivity index (χ1n) is 8.95. The predicted octanol–water partition coefficient (Wildman–Crippen LogP) is 2.44. The Morgan fingerprint density at radius 3 is 3.00 bits per heavy atom. The van der Waals surface area contributed by atoms with Crippen molar-refractivity contribution < 1.29 is 4.79 Å². The lowest BCUT2D eigenvalue weighted by molar-refractivity contribution is -0.117. The molecule has 0 aromatic carbocycles. The summed E-state index contributed by atoms with van der Waals surface area (Å²) in [6, 6.07) is 1.69. The number of nitrogens with zero attached hydrogens (tertiary/aromatic N) is 5. The van der Waals surface area contributed by atoms with Gasteiger partial charge in [0.25, 0.3) is 5.91 Å². The van der Waals surface area contributed by atoms with Crippen molar-refractivity contribution >= 4 is 39.1 Å². The molecule has 0 saturated carbocycles. The number of anilines is 2. The molecule has 1 saturated heterocycles. The van der Waals surface area contributed by atoms with Crippen LogP contribution in [-0.2, 0) is 24.7 Å². The number of amides is 1. The van der Waals surface area contributed by atoms with E-state index in [2.05, 4.69) is 20.4 Å². The van der Waals surface area contributed by atoms with Gasteiger partial charge in [-0.05, 0) is 38.2 Å². The summed E-state index contributed by atoms with van der Waals surface area (Å²) in [6.07, 6.45) is 5.75. The highest BCUT2D eigenvalue weighted by molar-refractivity contribution is 7.19. The normalized spacial score (nSPS) is 19.5. The van der Waals surface area contributed by atoms with Crippen LogP contribution in [0.25, 0.3) is 10.2 Å². The molecule has 1 aliphatic carbocycles. The molecule has 1 unspecified atom stereocenters. The Labute approximate surface area is 155 Å². The third kappa shape index (κ3) is 2.32. The number of thiophene rings is 1. The Morgan fingerprint density at radius 1 is 1.31 bits per heavy atom. The van der Waals surface area contributed by atoms with Gasteiger partial charge in [0.05, 0.1) is 11.1 Å². The Bertz CT molecular complexity index is 1020. The molecule has 0 spiro atoms. The second kappa shape index (κ2) is 5.77. The molecule has 134 valence electrons. The molecule has 1 N–H and O–H groups in total. The first-order chi connectivity index (χ1) is 12.6. The molecule has 1 amide bonds. The molecule has 26 heavy (non-hydrogen) atoms. The zero-order chi connectivity index (χ0) is 17.8. The standard InChI is InChI=1S/C18H20N6OS/c1-10-8-14(23(2)22-10)24-7-6-12(18(24)25)21-16-15-11-4-3-5-13(11)26-17(15)20-9-19-16/h8-9,12H,3-7H2,1-2H3,(H,19,20,21). The second-order valence-corrected chi connectivity index (χ2v) is 8.09. The Morgan fingerprint density at radius 2 is 2.19 bits per heavy atom. The van der Waals surface area contributed by atoms with E-state index in [1.807, 2.05) is 24.9 Å². The largest absolute Gasteiger partial charge is 0.358 e. The van der Waals surface area contributed by atoms with Gasteiger partial charge < -0.3 is 5.32 Å². The maximum atomic E-state index is 13.0. The summed E-state index contributed by atoms with van der Waals surface area (Å²) in [5.74, 6) is 1.73. The van der Waals surface area contributed by atoms with E-state index in [4.69, 9.17) is 0 Å². The molecule has 4 heterocycles. The molecule has 2 aliphatic rings. The summed E-state index contributed by atoms with van der Waals surface area (Å²) in [7, 11) is 1.87. The minimum Gasteiger partial charge on any atom is -0.358 e. The minimum absolute atomic E-state index is 0.0756. The molecule has 3 aromatic rings. The number of aromatic nitrogens is 4. The fourth-order valence-electron chi connectivity index (χ4n) is 4.09. The van der Waals surface area contributed by atoms with Gasteiger partial charge in [0.15, 0.2) is 0 Å². The van der Waals surface area contributed by atoms with Crippen LogP contribution in [0.1, 0.15) is 29.0 Å². The summed E-state index contributed by atoms with van der Waals surface area (Å²) in [5, 5.41) is 8.88. The van der Waals surface area contributed by atoms with Crippen molar-refractivity contribution in [3.05, 3.63) is 28.5 Å². The van der Waals surface area contributed by atoms with Crippen molar-refractivity contribution in [1.29, 1.82) is 0 Å². The van der Waals surface area contributed by atoms with Crippen molar-refractivity contribution in [2.45, 2.75) is 38.6 Å². The molecule has 1 atom stereocenters. The summed E-state index contributed by atoms with van der Waals surface area (Å²) in [5.41, 5.74) is 2.29. The molecular weight excluding hydrogens is 348 g/mol. The molecule has 1 fully saturated rings. The van der Waals surface area contributed by atoms with Gasteiger partial charge in [0.1, 0.15) is 28.8 Å². The number of rotatable bonds is 3. The number of aryl methyl sites for hydroxylation is 4. The maximum Gasteiger partial charge on any atom is 0.250 e. The summed E-state index contributed by atoms with van der Waals surface area (Å²) in [4.78, 5) is 26.1. The second-order valence-electron chi connectivity index (χ2n) is 7.00. The number of fused-ring (bicyclic) bond motifs is 3. The van der Waals surface area contributed by atoms with Crippen LogP contribution in [0, 0.1) is 6.92 Å². The first-order valence-corrected chi connectivity index (χ1v) is 9.77. The lowest BCUT2D eigenvalue weighted by Gasteiger charge is -2.17. The topological polar surface area (TPSA) is 75.9 Å². The summed E-state index contributed by atoms with van der Waals surface area (Å²) < 4.78 is 1.77. The van der Waals surface area contributed by atoms with Crippen LogP contribution in [0.4, 0.5) is 11.6 Å². The van der Waals surface area contributed by atoms with Crippen molar-refractivity contribution in [1.82, 2.24) is 19.7 Å². The van der Waals surface area contributed by atoms with E-state index >= 15 is 0 Å². The van der Waals surface area contributed by atoms with E-state index in [0.717, 1.165) is 46.8 Å². The van der Waals surface area contributed by atoms with Crippen LogP contribution in [0.2, 0.25) is 0 Å². The zero-order valence-corrected chi connectivity index (χ0v) is 15.6. The number of hydrogen-bond donors (Lipinski definition) is 1. The molecule has 5 rings (SSSR count). The van der Waals surface area contributed by atoms with Crippen molar-refractivity contribution in [3.8, 4) is 0 Å². The van der Waals surface area contributed by atoms with E-state index in [1.54, 1.807) is 22.3 Å². The quantitative estimate of drug-likeness (QED) is 0.768. The van der Waals surface area contributed by atoms with Crippen LogP contribution < -0.4 is 10.2 Å². The third-order valence-corrected chi connectivity index (χ3v) is 6.47. The van der Waals surface area contributed by atoms with Gasteiger partial charge in [0, 0.05) is 24.5 Å². The van der Waals surface area contributed by atoms with Crippen LogP contribution >= 0.6 is 11.3 Å². The van der Waals surface area contributed by atoms with E-state index in [0.29, 0.717) is 6.54 Å². The number of hydrogen-bond acceptors (Lipinski definition) is 6. The van der Waals surface area contributed by atoms with Crippen LogP contribution in [0.15, 0.2) is 12.4 Å². The summed E-state index contributed by atoms with van der Waals surface area (Å²) in [6.45, 7) is 2.62. The molecule has 0 radical (unpaired) electrons. The van der Waals surface area contributed by atoms with Crippen molar-refractivity contribution in [2.24, 2.45) is 7.05 Å². The highest BCUT2D eigenvalue weighted by Gasteiger charge is 2.35. The first kappa shape index (κ1) is 15.7. The third-order valence-electron chi connectivity index (χ3n) is 5.27. The van der Waals surface area contributed by atoms with Gasteiger partial charge in [-0.15, -0.1) is 11.3 Å². The van der Waals surface area contributed by atoms with Crippen LogP contribution in [0.5, 0.6) is 0 Å². The Hall–Kier alpha value is -2.48. The van der Waals surface area contributed by atoms with Crippen molar-refractivity contribution in [2.75, 3.05) is 16.8 Å². The van der Waals surface area contributed by atoms with Gasteiger partial charge in [-0.2, -0.15) is 5.10 Å². The lowest BCUT2D eigenvalue weighted by atomic mass is 10.1. The maximum absolute atomic E-state index is 13.0. The molecule has 3 aromatic heterocycles. The van der Waals surface area contributed by atoms with Gasteiger partial charge in [0.2, 0.25) is 0 Å².